The van der Waals surface area contributed by atoms with E-state index in [0.29, 0.717) is 11.6 Å². The van der Waals surface area contributed by atoms with Gasteiger partial charge in [0.15, 0.2) is 0 Å². The number of rotatable bonds is 4. The summed E-state index contributed by atoms with van der Waals surface area (Å²) in [5, 5.41) is 17.0. The number of pyridine rings is 1. The van der Waals surface area contributed by atoms with Crippen LogP contribution in [0.5, 0.6) is 0 Å². The lowest BCUT2D eigenvalue weighted by atomic mass is 10.1. The van der Waals surface area contributed by atoms with Gasteiger partial charge in [0, 0.05) is 18.0 Å². The first-order valence-electron chi connectivity index (χ1n) is 7.14. The summed E-state index contributed by atoms with van der Waals surface area (Å²) in [4.78, 5) is 4.57. The molecular formula is C16H18N4. The van der Waals surface area contributed by atoms with Crippen molar-refractivity contribution in [2.24, 2.45) is 0 Å². The van der Waals surface area contributed by atoms with Gasteiger partial charge in [-0.25, -0.2) is 4.98 Å². The fourth-order valence-electron chi connectivity index (χ4n) is 2.74. The van der Waals surface area contributed by atoms with Gasteiger partial charge in [-0.2, -0.15) is 5.26 Å². The quantitative estimate of drug-likeness (QED) is 0.893. The molecule has 1 aliphatic heterocycles. The van der Waals surface area contributed by atoms with Crippen LogP contribution in [0.15, 0.2) is 30.3 Å². The monoisotopic (exact) mass is 266 g/mol. The molecule has 0 amide bonds. The molecule has 4 heteroatoms. The SMILES string of the molecule is N#Cc1cc(NCCC2CCCN2)nc2ccccc12. The lowest BCUT2D eigenvalue weighted by Crippen LogP contribution is -2.24. The molecule has 0 aliphatic carbocycles. The maximum Gasteiger partial charge on any atom is 0.127 e. The molecule has 0 radical (unpaired) electrons. The van der Waals surface area contributed by atoms with Crippen molar-refractivity contribution < 1.29 is 0 Å². The van der Waals surface area contributed by atoms with E-state index in [2.05, 4.69) is 21.7 Å². The first-order chi connectivity index (χ1) is 9.86. The van der Waals surface area contributed by atoms with E-state index in [9.17, 15) is 5.26 Å². The van der Waals surface area contributed by atoms with Crippen molar-refractivity contribution in [3.05, 3.63) is 35.9 Å². The summed E-state index contributed by atoms with van der Waals surface area (Å²) in [5.41, 5.74) is 1.55. The topological polar surface area (TPSA) is 60.7 Å². The summed E-state index contributed by atoms with van der Waals surface area (Å²) < 4.78 is 0. The summed E-state index contributed by atoms with van der Waals surface area (Å²) in [7, 11) is 0. The van der Waals surface area contributed by atoms with Gasteiger partial charge in [-0.05, 0) is 37.9 Å². The molecule has 3 rings (SSSR count). The average Bonchev–Trinajstić information content (AvgIpc) is 2.99. The van der Waals surface area contributed by atoms with Gasteiger partial charge in [0.2, 0.25) is 0 Å². The third-order valence-electron chi connectivity index (χ3n) is 3.80. The van der Waals surface area contributed by atoms with Crippen LogP contribution in [-0.4, -0.2) is 24.1 Å². The molecule has 1 saturated heterocycles. The van der Waals surface area contributed by atoms with Crippen molar-refractivity contribution in [1.29, 1.82) is 5.26 Å². The third-order valence-corrected chi connectivity index (χ3v) is 3.80. The highest BCUT2D eigenvalue weighted by atomic mass is 15.0. The first kappa shape index (κ1) is 12.9. The molecule has 20 heavy (non-hydrogen) atoms. The first-order valence-corrected chi connectivity index (χ1v) is 7.14. The van der Waals surface area contributed by atoms with E-state index < -0.39 is 0 Å². The predicted octanol–water partition coefficient (Wildman–Crippen LogP) is 2.66. The van der Waals surface area contributed by atoms with Crippen LogP contribution >= 0.6 is 0 Å². The van der Waals surface area contributed by atoms with Gasteiger partial charge in [0.1, 0.15) is 5.82 Å². The molecule has 1 fully saturated rings. The van der Waals surface area contributed by atoms with Gasteiger partial charge >= 0.3 is 0 Å². The van der Waals surface area contributed by atoms with E-state index in [4.69, 9.17) is 0 Å². The molecule has 2 heterocycles. The molecule has 2 aromatic rings. The van der Waals surface area contributed by atoms with Gasteiger partial charge in [-0.15, -0.1) is 0 Å². The van der Waals surface area contributed by atoms with E-state index in [1.807, 2.05) is 30.3 Å². The molecule has 1 unspecified atom stereocenters. The summed E-state index contributed by atoms with van der Waals surface area (Å²) >= 11 is 0. The highest BCUT2D eigenvalue weighted by molar-refractivity contribution is 5.86. The largest absolute Gasteiger partial charge is 0.370 e. The minimum absolute atomic E-state index is 0.624. The Kier molecular flexibility index (Phi) is 3.80. The van der Waals surface area contributed by atoms with Crippen LogP contribution < -0.4 is 10.6 Å². The molecule has 0 saturated carbocycles. The number of hydrogen-bond donors (Lipinski definition) is 2. The number of nitriles is 1. The lowest BCUT2D eigenvalue weighted by Gasteiger charge is -2.12. The maximum atomic E-state index is 9.24. The molecule has 0 bridgehead atoms. The molecule has 1 aromatic heterocycles. The summed E-state index contributed by atoms with van der Waals surface area (Å²) in [6, 6.07) is 12.5. The summed E-state index contributed by atoms with van der Waals surface area (Å²) in [6.07, 6.45) is 3.63. The average molecular weight is 266 g/mol. The Morgan fingerprint density at radius 1 is 1.40 bits per heavy atom. The van der Waals surface area contributed by atoms with Crippen LogP contribution in [0, 0.1) is 11.3 Å². The van der Waals surface area contributed by atoms with Crippen molar-refractivity contribution in [2.75, 3.05) is 18.4 Å². The standard InChI is InChI=1S/C16H18N4/c17-11-12-10-16(19-9-7-13-4-3-8-18-13)20-15-6-2-1-5-14(12)15/h1-2,5-6,10,13,18H,3-4,7-9H2,(H,19,20). The zero-order chi connectivity index (χ0) is 13.8. The van der Waals surface area contributed by atoms with E-state index in [0.717, 1.165) is 36.2 Å². The Morgan fingerprint density at radius 2 is 2.30 bits per heavy atom. The second-order valence-corrected chi connectivity index (χ2v) is 5.19. The van der Waals surface area contributed by atoms with Gasteiger partial charge in [0.05, 0.1) is 17.1 Å². The smallest absolute Gasteiger partial charge is 0.127 e. The number of fused-ring (bicyclic) bond motifs is 1. The van der Waals surface area contributed by atoms with Crippen LogP contribution in [0.4, 0.5) is 5.82 Å². The van der Waals surface area contributed by atoms with Crippen LogP contribution in [0.3, 0.4) is 0 Å². The van der Waals surface area contributed by atoms with E-state index >= 15 is 0 Å². The highest BCUT2D eigenvalue weighted by Crippen LogP contribution is 2.20. The van der Waals surface area contributed by atoms with E-state index in [-0.39, 0.29) is 0 Å². The van der Waals surface area contributed by atoms with Gasteiger partial charge in [-0.3, -0.25) is 0 Å². The molecular weight excluding hydrogens is 248 g/mol. The second kappa shape index (κ2) is 5.89. The normalized spacial score (nSPS) is 18.1. The molecule has 1 aliphatic rings. The molecule has 1 aromatic carbocycles. The van der Waals surface area contributed by atoms with Crippen molar-refractivity contribution in [3.63, 3.8) is 0 Å². The zero-order valence-corrected chi connectivity index (χ0v) is 11.4. The third kappa shape index (κ3) is 2.73. The maximum absolute atomic E-state index is 9.24. The molecule has 4 nitrogen and oxygen atoms in total. The molecule has 0 spiro atoms. The van der Waals surface area contributed by atoms with Crippen molar-refractivity contribution in [3.8, 4) is 6.07 Å². The van der Waals surface area contributed by atoms with Crippen LogP contribution in [0.2, 0.25) is 0 Å². The zero-order valence-electron chi connectivity index (χ0n) is 11.4. The fourth-order valence-corrected chi connectivity index (χ4v) is 2.74. The number of anilines is 1. The van der Waals surface area contributed by atoms with E-state index in [1.165, 1.54) is 12.8 Å². The van der Waals surface area contributed by atoms with E-state index in [1.54, 1.807) is 0 Å². The minimum atomic E-state index is 0.624. The number of nitrogens with one attached hydrogen (secondary N) is 2. The molecule has 102 valence electrons. The van der Waals surface area contributed by atoms with Crippen LogP contribution in [-0.2, 0) is 0 Å². The summed E-state index contributed by atoms with van der Waals surface area (Å²) in [5.74, 6) is 0.790. The van der Waals surface area contributed by atoms with Gasteiger partial charge in [0.25, 0.3) is 0 Å². The van der Waals surface area contributed by atoms with Crippen molar-refractivity contribution in [2.45, 2.75) is 25.3 Å². The van der Waals surface area contributed by atoms with Crippen molar-refractivity contribution >= 4 is 16.7 Å². The predicted molar refractivity (Wildman–Crippen MR) is 80.6 cm³/mol. The number of para-hydroxylation sites is 1. The minimum Gasteiger partial charge on any atom is -0.370 e. The Morgan fingerprint density at radius 3 is 3.10 bits per heavy atom. The number of hydrogen-bond acceptors (Lipinski definition) is 4. The molecule has 2 N–H and O–H groups in total. The number of aromatic nitrogens is 1. The Hall–Kier alpha value is -2.12. The van der Waals surface area contributed by atoms with Crippen molar-refractivity contribution in [1.82, 2.24) is 10.3 Å². The fraction of sp³-hybridized carbons (Fsp3) is 0.375. The second-order valence-electron chi connectivity index (χ2n) is 5.19. The number of benzene rings is 1. The van der Waals surface area contributed by atoms with Crippen LogP contribution in [0.1, 0.15) is 24.8 Å². The van der Waals surface area contributed by atoms with Gasteiger partial charge < -0.3 is 10.6 Å². The molecule has 1 atom stereocenters. The van der Waals surface area contributed by atoms with Crippen LogP contribution in [0.25, 0.3) is 10.9 Å². The van der Waals surface area contributed by atoms with Gasteiger partial charge in [-0.1, -0.05) is 18.2 Å². The Labute approximate surface area is 118 Å². The Balaban J connectivity index is 1.73. The summed E-state index contributed by atoms with van der Waals surface area (Å²) in [6.45, 7) is 2.02. The number of nitrogens with zero attached hydrogens (tertiary/aromatic N) is 2. The lowest BCUT2D eigenvalue weighted by molar-refractivity contribution is 0.574. The Bertz CT molecular complexity index is 638. The highest BCUT2D eigenvalue weighted by Gasteiger charge is 2.13.